The van der Waals surface area contributed by atoms with Gasteiger partial charge in [-0.1, -0.05) is 19.8 Å². The number of thiophene rings is 1. The molecule has 0 bridgehead atoms. The predicted molar refractivity (Wildman–Crippen MR) is 83.6 cm³/mol. The number of aryl methyl sites for hydroxylation is 1. The molecular weight excluding hydrogens is 292 g/mol. The first-order valence-electron chi connectivity index (χ1n) is 7.20. The fourth-order valence-corrected chi connectivity index (χ4v) is 5.83. The Morgan fingerprint density at radius 1 is 1.35 bits per heavy atom. The Labute approximate surface area is 126 Å². The zero-order chi connectivity index (χ0) is 14.8. The summed E-state index contributed by atoms with van der Waals surface area (Å²) >= 11 is 1.55. The Kier molecular flexibility index (Phi) is 5.23. The van der Waals surface area contributed by atoms with Gasteiger partial charge in [0, 0.05) is 22.3 Å². The molecule has 1 fully saturated rings. The lowest BCUT2D eigenvalue weighted by atomic mass is 9.87. The molecule has 0 aromatic carbocycles. The van der Waals surface area contributed by atoms with Gasteiger partial charge >= 0.3 is 0 Å². The van der Waals surface area contributed by atoms with Crippen molar-refractivity contribution in [2.24, 2.45) is 5.92 Å². The third-order valence-corrected chi connectivity index (χ3v) is 6.78. The van der Waals surface area contributed by atoms with Crippen molar-refractivity contribution in [2.75, 3.05) is 7.05 Å². The molecule has 20 heavy (non-hydrogen) atoms. The van der Waals surface area contributed by atoms with E-state index in [9.17, 15) is 8.42 Å². The van der Waals surface area contributed by atoms with Crippen molar-refractivity contribution in [2.45, 2.75) is 57.0 Å². The molecular formula is C14H24N2O2S2. The van der Waals surface area contributed by atoms with Crippen LogP contribution in [0.3, 0.4) is 0 Å². The molecule has 2 unspecified atom stereocenters. The van der Waals surface area contributed by atoms with Gasteiger partial charge in [-0.15, -0.1) is 11.3 Å². The van der Waals surface area contributed by atoms with Crippen LogP contribution in [0.1, 0.15) is 42.4 Å². The lowest BCUT2D eigenvalue weighted by molar-refractivity contribution is 0.310. The van der Waals surface area contributed by atoms with Crippen LogP contribution in [0.5, 0.6) is 0 Å². The molecule has 6 heteroatoms. The van der Waals surface area contributed by atoms with Crippen molar-refractivity contribution in [3.63, 3.8) is 0 Å². The molecule has 0 amide bonds. The lowest BCUT2D eigenvalue weighted by Crippen LogP contribution is -2.41. The fourth-order valence-electron chi connectivity index (χ4n) is 2.81. The summed E-state index contributed by atoms with van der Waals surface area (Å²) in [7, 11) is -1.52. The summed E-state index contributed by atoms with van der Waals surface area (Å²) in [6.07, 6.45) is 4.39. The van der Waals surface area contributed by atoms with Crippen LogP contribution in [0.15, 0.2) is 11.0 Å². The Morgan fingerprint density at radius 2 is 2.05 bits per heavy atom. The van der Waals surface area contributed by atoms with Gasteiger partial charge in [-0.2, -0.15) is 0 Å². The monoisotopic (exact) mass is 316 g/mol. The van der Waals surface area contributed by atoms with Crippen LogP contribution in [0.25, 0.3) is 0 Å². The number of nitrogens with one attached hydrogen (secondary N) is 2. The summed E-state index contributed by atoms with van der Waals surface area (Å²) in [4.78, 5) is 2.37. The molecule has 0 saturated heterocycles. The molecule has 4 nitrogen and oxygen atoms in total. The second-order valence-electron chi connectivity index (χ2n) is 5.65. The van der Waals surface area contributed by atoms with E-state index < -0.39 is 10.0 Å². The highest BCUT2D eigenvalue weighted by Gasteiger charge is 2.28. The highest BCUT2D eigenvalue weighted by atomic mass is 32.2. The van der Waals surface area contributed by atoms with Gasteiger partial charge in [-0.3, -0.25) is 0 Å². The molecule has 114 valence electrons. The third kappa shape index (κ3) is 3.61. The number of hydrogen-bond acceptors (Lipinski definition) is 4. The van der Waals surface area contributed by atoms with Crippen molar-refractivity contribution >= 4 is 21.4 Å². The summed E-state index contributed by atoms with van der Waals surface area (Å²) in [5.74, 6) is 0.425. The molecule has 0 radical (unpaired) electrons. The van der Waals surface area contributed by atoms with Crippen LogP contribution in [0.2, 0.25) is 0 Å². The summed E-state index contributed by atoms with van der Waals surface area (Å²) < 4.78 is 28.0. The van der Waals surface area contributed by atoms with Crippen LogP contribution < -0.4 is 10.0 Å². The largest absolute Gasteiger partial charge is 0.315 e. The van der Waals surface area contributed by atoms with E-state index in [1.54, 1.807) is 17.4 Å². The van der Waals surface area contributed by atoms with Crippen LogP contribution >= 0.6 is 11.3 Å². The SMILES string of the molecule is CNCc1cc(S(=O)(=O)NC2CCCCC2C)c(C)s1. The predicted octanol–water partition coefficient (Wildman–Crippen LogP) is 2.63. The zero-order valence-electron chi connectivity index (χ0n) is 12.4. The average molecular weight is 316 g/mol. The zero-order valence-corrected chi connectivity index (χ0v) is 14.0. The number of rotatable bonds is 5. The first kappa shape index (κ1) is 15.9. The van der Waals surface area contributed by atoms with E-state index in [0.29, 0.717) is 17.4 Å². The van der Waals surface area contributed by atoms with E-state index >= 15 is 0 Å². The minimum atomic E-state index is -3.39. The van der Waals surface area contributed by atoms with Crippen LogP contribution in [-0.4, -0.2) is 21.5 Å². The second kappa shape index (κ2) is 6.56. The van der Waals surface area contributed by atoms with Crippen molar-refractivity contribution in [3.8, 4) is 0 Å². The smallest absolute Gasteiger partial charge is 0.241 e. The van der Waals surface area contributed by atoms with E-state index in [1.807, 2.05) is 14.0 Å². The highest BCUT2D eigenvalue weighted by Crippen LogP contribution is 2.29. The summed E-state index contributed by atoms with van der Waals surface area (Å²) in [5, 5.41) is 3.06. The Hall–Kier alpha value is -0.430. The first-order valence-corrected chi connectivity index (χ1v) is 9.50. The summed E-state index contributed by atoms with van der Waals surface area (Å²) in [6.45, 7) is 4.73. The Balaban J connectivity index is 2.17. The van der Waals surface area contributed by atoms with Gasteiger partial charge in [0.15, 0.2) is 0 Å². The minimum Gasteiger partial charge on any atom is -0.315 e. The van der Waals surface area contributed by atoms with Gasteiger partial charge in [-0.05, 0) is 38.8 Å². The summed E-state index contributed by atoms with van der Waals surface area (Å²) in [6, 6.07) is 1.88. The molecule has 1 aromatic rings. The molecule has 1 heterocycles. The Bertz CT molecular complexity index is 552. The van der Waals surface area contributed by atoms with E-state index in [2.05, 4.69) is 17.0 Å². The topological polar surface area (TPSA) is 58.2 Å². The van der Waals surface area contributed by atoms with Gasteiger partial charge in [0.05, 0.1) is 4.90 Å². The molecule has 1 aromatic heterocycles. The molecule has 2 N–H and O–H groups in total. The van der Waals surface area contributed by atoms with Crippen molar-refractivity contribution in [1.82, 2.24) is 10.0 Å². The van der Waals surface area contributed by atoms with Gasteiger partial charge in [0.1, 0.15) is 0 Å². The van der Waals surface area contributed by atoms with Crippen molar-refractivity contribution < 1.29 is 8.42 Å². The van der Waals surface area contributed by atoms with Crippen LogP contribution in [0, 0.1) is 12.8 Å². The van der Waals surface area contributed by atoms with E-state index in [4.69, 9.17) is 0 Å². The minimum absolute atomic E-state index is 0.0841. The molecule has 1 saturated carbocycles. The van der Waals surface area contributed by atoms with Gasteiger partial charge in [-0.25, -0.2) is 13.1 Å². The average Bonchev–Trinajstić information content (AvgIpc) is 2.74. The van der Waals surface area contributed by atoms with Crippen LogP contribution in [0.4, 0.5) is 0 Å². The normalized spacial score (nSPS) is 23.9. The molecule has 0 spiro atoms. The van der Waals surface area contributed by atoms with Gasteiger partial charge in [0.2, 0.25) is 10.0 Å². The van der Waals surface area contributed by atoms with Gasteiger partial charge < -0.3 is 5.32 Å². The lowest BCUT2D eigenvalue weighted by Gasteiger charge is -2.29. The Morgan fingerprint density at radius 3 is 2.70 bits per heavy atom. The fraction of sp³-hybridized carbons (Fsp3) is 0.714. The van der Waals surface area contributed by atoms with Crippen molar-refractivity contribution in [3.05, 3.63) is 15.8 Å². The van der Waals surface area contributed by atoms with E-state index in [1.165, 1.54) is 6.42 Å². The highest BCUT2D eigenvalue weighted by molar-refractivity contribution is 7.89. The van der Waals surface area contributed by atoms with Crippen LogP contribution in [-0.2, 0) is 16.6 Å². The van der Waals surface area contributed by atoms with E-state index in [0.717, 1.165) is 29.0 Å². The molecule has 2 rings (SSSR count). The van der Waals surface area contributed by atoms with E-state index in [-0.39, 0.29) is 6.04 Å². The summed E-state index contributed by atoms with van der Waals surface area (Å²) in [5.41, 5.74) is 0. The number of hydrogen-bond donors (Lipinski definition) is 2. The van der Waals surface area contributed by atoms with Gasteiger partial charge in [0.25, 0.3) is 0 Å². The third-order valence-electron chi connectivity index (χ3n) is 3.98. The van der Waals surface area contributed by atoms with Crippen molar-refractivity contribution in [1.29, 1.82) is 0 Å². The maximum atomic E-state index is 12.6. The quantitative estimate of drug-likeness (QED) is 0.878. The standard InChI is InChI=1S/C14H24N2O2S2/c1-10-6-4-5-7-13(10)16-20(17,18)14-8-12(9-15-3)19-11(14)2/h8,10,13,15-16H,4-7,9H2,1-3H3. The number of sulfonamides is 1. The molecule has 2 atom stereocenters. The molecule has 1 aliphatic carbocycles. The maximum Gasteiger partial charge on any atom is 0.241 e. The second-order valence-corrected chi connectivity index (χ2v) is 8.68. The molecule has 1 aliphatic rings. The molecule has 0 aliphatic heterocycles. The maximum absolute atomic E-state index is 12.6. The first-order chi connectivity index (χ1) is 9.44.